The van der Waals surface area contributed by atoms with Gasteiger partial charge in [0, 0.05) is 17.9 Å². The van der Waals surface area contributed by atoms with Crippen molar-refractivity contribution in [3.05, 3.63) is 77.7 Å². The first-order valence-electron chi connectivity index (χ1n) is 8.53. The van der Waals surface area contributed by atoms with Crippen molar-refractivity contribution < 1.29 is 0 Å². The van der Waals surface area contributed by atoms with E-state index in [1.54, 1.807) is 0 Å². The Morgan fingerprint density at radius 1 is 1.22 bits per heavy atom. The second kappa shape index (κ2) is 7.50. The van der Waals surface area contributed by atoms with Crippen molar-refractivity contribution in [2.75, 3.05) is 6.54 Å². The Hall–Kier alpha value is -2.02. The number of hydrogen-bond donors (Lipinski definition) is 0. The lowest BCUT2D eigenvalue weighted by Gasteiger charge is -2.26. The summed E-state index contributed by atoms with van der Waals surface area (Å²) in [5.41, 5.74) is 7.55. The zero-order chi connectivity index (χ0) is 17.0. The van der Waals surface area contributed by atoms with Gasteiger partial charge in [-0.2, -0.15) is 0 Å². The molecule has 2 rings (SSSR count). The SMILES string of the molecule is C=C/C(C)=C(/C)N(CC)/C(C)=C\C(=C)c1ccccc1C1CC1. The Morgan fingerprint density at radius 3 is 2.43 bits per heavy atom. The second-order valence-electron chi connectivity index (χ2n) is 6.39. The number of hydrogen-bond acceptors (Lipinski definition) is 1. The third-order valence-electron chi connectivity index (χ3n) is 4.73. The number of rotatable bonds is 7. The van der Waals surface area contributed by atoms with Gasteiger partial charge in [-0.05, 0) is 74.8 Å². The van der Waals surface area contributed by atoms with Crippen LogP contribution in [0.25, 0.3) is 5.57 Å². The zero-order valence-corrected chi connectivity index (χ0v) is 15.0. The summed E-state index contributed by atoms with van der Waals surface area (Å²) in [6, 6.07) is 8.71. The summed E-state index contributed by atoms with van der Waals surface area (Å²) in [4.78, 5) is 2.32. The van der Waals surface area contributed by atoms with Crippen molar-refractivity contribution in [3.8, 4) is 0 Å². The fourth-order valence-electron chi connectivity index (χ4n) is 3.06. The van der Waals surface area contributed by atoms with E-state index < -0.39 is 0 Å². The van der Waals surface area contributed by atoms with Gasteiger partial charge in [0.25, 0.3) is 0 Å². The van der Waals surface area contributed by atoms with Crippen LogP contribution >= 0.6 is 0 Å². The molecule has 1 saturated carbocycles. The second-order valence-corrected chi connectivity index (χ2v) is 6.39. The van der Waals surface area contributed by atoms with Crippen molar-refractivity contribution in [2.45, 2.75) is 46.5 Å². The lowest BCUT2D eigenvalue weighted by molar-refractivity contribution is 0.449. The van der Waals surface area contributed by atoms with E-state index in [4.69, 9.17) is 0 Å². The molecule has 0 aliphatic heterocycles. The van der Waals surface area contributed by atoms with Crippen molar-refractivity contribution in [3.63, 3.8) is 0 Å². The van der Waals surface area contributed by atoms with Gasteiger partial charge in [-0.15, -0.1) is 0 Å². The Balaban J connectivity index is 2.29. The molecule has 1 aliphatic carbocycles. The average Bonchev–Trinajstić information content (AvgIpc) is 3.39. The van der Waals surface area contributed by atoms with E-state index in [-0.39, 0.29) is 0 Å². The molecule has 1 aliphatic rings. The predicted molar refractivity (Wildman–Crippen MR) is 102 cm³/mol. The van der Waals surface area contributed by atoms with Crippen molar-refractivity contribution in [1.82, 2.24) is 4.90 Å². The van der Waals surface area contributed by atoms with Gasteiger partial charge in [-0.25, -0.2) is 0 Å². The van der Waals surface area contributed by atoms with Gasteiger partial charge in [0.05, 0.1) is 0 Å². The fraction of sp³-hybridized carbons (Fsp3) is 0.364. The van der Waals surface area contributed by atoms with Crippen LogP contribution in [-0.4, -0.2) is 11.4 Å². The number of nitrogens with zero attached hydrogens (tertiary/aromatic N) is 1. The van der Waals surface area contributed by atoms with E-state index in [2.05, 4.69) is 76.1 Å². The molecule has 1 fully saturated rings. The van der Waals surface area contributed by atoms with Gasteiger partial charge >= 0.3 is 0 Å². The molecule has 0 amide bonds. The van der Waals surface area contributed by atoms with Gasteiger partial charge in [0.15, 0.2) is 0 Å². The van der Waals surface area contributed by atoms with Gasteiger partial charge in [-0.1, -0.05) is 43.5 Å². The van der Waals surface area contributed by atoms with Crippen LogP contribution in [0.2, 0.25) is 0 Å². The topological polar surface area (TPSA) is 3.24 Å². The minimum atomic E-state index is 0.739. The summed E-state index contributed by atoms with van der Waals surface area (Å²) < 4.78 is 0. The molecule has 0 bridgehead atoms. The maximum atomic E-state index is 4.34. The molecule has 0 N–H and O–H groups in total. The highest BCUT2D eigenvalue weighted by atomic mass is 15.1. The molecule has 0 unspecified atom stereocenters. The molecule has 23 heavy (non-hydrogen) atoms. The Morgan fingerprint density at radius 2 is 1.87 bits per heavy atom. The lowest BCUT2D eigenvalue weighted by atomic mass is 9.97. The van der Waals surface area contributed by atoms with Crippen LogP contribution in [0.3, 0.4) is 0 Å². The van der Waals surface area contributed by atoms with Gasteiger partial charge < -0.3 is 4.90 Å². The van der Waals surface area contributed by atoms with Crippen LogP contribution in [0.5, 0.6) is 0 Å². The van der Waals surface area contributed by atoms with Crippen molar-refractivity contribution >= 4 is 5.57 Å². The first-order valence-corrected chi connectivity index (χ1v) is 8.53. The van der Waals surface area contributed by atoms with Gasteiger partial charge in [-0.3, -0.25) is 0 Å². The molecule has 0 spiro atoms. The molecule has 0 aromatic heterocycles. The maximum absolute atomic E-state index is 4.34. The fourth-order valence-corrected chi connectivity index (χ4v) is 3.06. The quantitative estimate of drug-likeness (QED) is 0.536. The van der Waals surface area contributed by atoms with Crippen LogP contribution in [-0.2, 0) is 0 Å². The molecule has 0 heterocycles. The molecule has 122 valence electrons. The zero-order valence-electron chi connectivity index (χ0n) is 15.0. The van der Waals surface area contributed by atoms with Gasteiger partial charge in [0.2, 0.25) is 0 Å². The third-order valence-corrected chi connectivity index (χ3v) is 4.73. The summed E-state index contributed by atoms with van der Waals surface area (Å²) in [6.45, 7) is 17.8. The summed E-state index contributed by atoms with van der Waals surface area (Å²) in [5.74, 6) is 0.739. The lowest BCUT2D eigenvalue weighted by Crippen LogP contribution is -2.20. The minimum absolute atomic E-state index is 0.739. The predicted octanol–water partition coefficient (Wildman–Crippen LogP) is 6.28. The Labute approximate surface area is 141 Å². The van der Waals surface area contributed by atoms with Crippen LogP contribution in [0.1, 0.15) is 57.6 Å². The van der Waals surface area contributed by atoms with Crippen LogP contribution in [0, 0.1) is 0 Å². The van der Waals surface area contributed by atoms with Crippen LogP contribution in [0.15, 0.2) is 66.5 Å². The summed E-state index contributed by atoms with van der Waals surface area (Å²) >= 11 is 0. The molecule has 1 aromatic rings. The number of benzene rings is 1. The summed E-state index contributed by atoms with van der Waals surface area (Å²) in [6.07, 6.45) is 6.76. The molecule has 0 atom stereocenters. The summed E-state index contributed by atoms with van der Waals surface area (Å²) in [5, 5.41) is 0. The van der Waals surface area contributed by atoms with E-state index in [1.165, 1.54) is 40.9 Å². The summed E-state index contributed by atoms with van der Waals surface area (Å²) in [7, 11) is 0. The molecule has 1 nitrogen and oxygen atoms in total. The Bertz CT molecular complexity index is 656. The van der Waals surface area contributed by atoms with E-state index in [0.717, 1.165) is 18.0 Å². The van der Waals surface area contributed by atoms with E-state index >= 15 is 0 Å². The molecule has 1 heteroatoms. The Kier molecular flexibility index (Phi) is 5.65. The normalized spacial score (nSPS) is 15.9. The molecule has 0 radical (unpaired) electrons. The highest BCUT2D eigenvalue weighted by Crippen LogP contribution is 2.43. The maximum Gasteiger partial charge on any atom is 0.0196 e. The van der Waals surface area contributed by atoms with E-state index in [1.807, 2.05) is 6.08 Å². The minimum Gasteiger partial charge on any atom is -0.349 e. The van der Waals surface area contributed by atoms with Crippen molar-refractivity contribution in [2.24, 2.45) is 0 Å². The monoisotopic (exact) mass is 307 g/mol. The van der Waals surface area contributed by atoms with Crippen molar-refractivity contribution in [1.29, 1.82) is 0 Å². The molecule has 0 saturated heterocycles. The highest BCUT2D eigenvalue weighted by molar-refractivity contribution is 5.75. The van der Waals surface area contributed by atoms with E-state index in [0.29, 0.717) is 0 Å². The molecular weight excluding hydrogens is 278 g/mol. The smallest absolute Gasteiger partial charge is 0.0196 e. The van der Waals surface area contributed by atoms with Crippen LogP contribution < -0.4 is 0 Å². The first-order chi connectivity index (χ1) is 11.0. The average molecular weight is 307 g/mol. The third kappa shape index (κ3) is 4.04. The first kappa shape index (κ1) is 17.3. The van der Waals surface area contributed by atoms with E-state index in [9.17, 15) is 0 Å². The number of allylic oxidation sites excluding steroid dienone is 6. The van der Waals surface area contributed by atoms with Crippen LogP contribution in [0.4, 0.5) is 0 Å². The standard InChI is InChI=1S/C22H29N/c1-7-16(3)19(6)23(8-2)18(5)15-17(4)21-11-9-10-12-22(21)20-13-14-20/h7,9-12,15,20H,1,4,8,13-14H2,2-3,5-6H3/b18-15-,19-16-. The highest BCUT2D eigenvalue weighted by Gasteiger charge is 2.26. The molecular formula is C22H29N. The molecule has 1 aromatic carbocycles. The largest absolute Gasteiger partial charge is 0.349 e. The van der Waals surface area contributed by atoms with Gasteiger partial charge in [0.1, 0.15) is 0 Å².